The third kappa shape index (κ3) is 6.50. The first kappa shape index (κ1) is 31.4. The molecule has 44 heavy (non-hydrogen) atoms. The van der Waals surface area contributed by atoms with Crippen molar-refractivity contribution in [3.63, 3.8) is 0 Å². The molecular formula is C41H58S2Si. The molecule has 0 radical (unpaired) electrons. The molecule has 0 amide bonds. The van der Waals surface area contributed by atoms with Crippen LogP contribution in [0.2, 0.25) is 12.1 Å². The van der Waals surface area contributed by atoms with E-state index in [0.717, 1.165) is 23.7 Å². The molecule has 0 bridgehead atoms. The smallest absolute Gasteiger partial charge is 0.123 e. The molecule has 0 aromatic carbocycles. The average molecular weight is 643 g/mol. The molecule has 4 aliphatic carbocycles. The lowest BCUT2D eigenvalue weighted by atomic mass is 9.73. The molecule has 5 aliphatic rings. The van der Waals surface area contributed by atoms with Crippen LogP contribution in [-0.2, 0) is 0 Å². The summed E-state index contributed by atoms with van der Waals surface area (Å²) in [6.45, 7) is 2.20. The lowest BCUT2D eigenvalue weighted by molar-refractivity contribution is 0.370. The van der Waals surface area contributed by atoms with E-state index in [1.54, 1.807) is 21.8 Å². The second kappa shape index (κ2) is 14.7. The highest BCUT2D eigenvalue weighted by Crippen LogP contribution is 2.62. The van der Waals surface area contributed by atoms with Crippen molar-refractivity contribution in [3.05, 3.63) is 61.5 Å². The van der Waals surface area contributed by atoms with E-state index >= 15 is 0 Å². The number of rotatable bonds is 9. The van der Waals surface area contributed by atoms with Gasteiger partial charge in [-0.15, -0.1) is 22.7 Å². The van der Waals surface area contributed by atoms with Crippen LogP contribution in [0.15, 0.2) is 46.9 Å². The van der Waals surface area contributed by atoms with Crippen molar-refractivity contribution >= 4 is 47.2 Å². The molecule has 2 aromatic rings. The summed E-state index contributed by atoms with van der Waals surface area (Å²) in [6.07, 6.45) is 34.0. The highest BCUT2D eigenvalue weighted by molar-refractivity contribution is 7.22. The zero-order valence-corrected chi connectivity index (χ0v) is 30.4. The van der Waals surface area contributed by atoms with Crippen molar-refractivity contribution < 1.29 is 0 Å². The second-order valence-electron chi connectivity index (χ2n) is 15.4. The summed E-state index contributed by atoms with van der Waals surface area (Å²) in [5, 5.41) is 6.46. The molecule has 0 nitrogen and oxygen atoms in total. The summed E-state index contributed by atoms with van der Waals surface area (Å²) in [7, 11) is -2.06. The van der Waals surface area contributed by atoms with Gasteiger partial charge in [-0.25, -0.2) is 0 Å². The van der Waals surface area contributed by atoms with Gasteiger partial charge in [0.15, 0.2) is 0 Å². The predicted octanol–water partition coefficient (Wildman–Crippen LogP) is 13.9. The van der Waals surface area contributed by atoms with E-state index < -0.39 is 8.07 Å². The maximum absolute atomic E-state index is 2.62. The SMILES string of the molecule is C/C=C/c1ccc(C2=C(C3CCCCC3)C(C3CCCCC3)=C(c3cccs3)[Si]2(CC2CCCCC2)CC2CCCCC2)s1. The Kier molecular flexibility index (Phi) is 10.5. The first-order chi connectivity index (χ1) is 21.8. The molecule has 0 atom stereocenters. The normalized spacial score (nSPS) is 25.1. The van der Waals surface area contributed by atoms with E-state index in [0.29, 0.717) is 0 Å². The van der Waals surface area contributed by atoms with Gasteiger partial charge in [-0.2, -0.15) is 0 Å². The van der Waals surface area contributed by atoms with E-state index in [1.807, 2.05) is 21.5 Å². The van der Waals surface area contributed by atoms with Crippen LogP contribution >= 0.6 is 22.7 Å². The predicted molar refractivity (Wildman–Crippen MR) is 199 cm³/mol. The monoisotopic (exact) mass is 642 g/mol. The van der Waals surface area contributed by atoms with Crippen LogP contribution in [0.25, 0.3) is 16.5 Å². The molecule has 0 N–H and O–H groups in total. The van der Waals surface area contributed by atoms with Crippen molar-refractivity contribution in [2.75, 3.05) is 0 Å². The Balaban J connectivity index is 1.51. The third-order valence-corrected chi connectivity index (χ3v) is 20.4. The molecule has 4 fully saturated rings. The molecular weight excluding hydrogens is 585 g/mol. The third-order valence-electron chi connectivity index (χ3n) is 12.5. The van der Waals surface area contributed by atoms with Crippen LogP contribution in [0, 0.1) is 23.7 Å². The molecule has 0 saturated heterocycles. The number of hydrogen-bond donors (Lipinski definition) is 0. The molecule has 3 heterocycles. The number of allylic oxidation sites excluding steroid dienone is 3. The lowest BCUT2D eigenvalue weighted by Crippen LogP contribution is -2.41. The highest BCUT2D eigenvalue weighted by Gasteiger charge is 2.54. The lowest BCUT2D eigenvalue weighted by Gasteiger charge is -2.41. The molecule has 2 aromatic heterocycles. The highest BCUT2D eigenvalue weighted by atomic mass is 32.1. The second-order valence-corrected chi connectivity index (χ2v) is 21.5. The van der Waals surface area contributed by atoms with Crippen molar-refractivity contribution in [3.8, 4) is 0 Å². The van der Waals surface area contributed by atoms with Gasteiger partial charge in [0.1, 0.15) is 8.07 Å². The number of thiophene rings is 2. The molecule has 1 aliphatic heterocycles. The quantitative estimate of drug-likeness (QED) is 0.239. The van der Waals surface area contributed by atoms with Crippen LogP contribution in [0.5, 0.6) is 0 Å². The van der Waals surface area contributed by atoms with Crippen molar-refractivity contribution in [2.45, 2.75) is 147 Å². The van der Waals surface area contributed by atoms with Crippen molar-refractivity contribution in [1.29, 1.82) is 0 Å². The van der Waals surface area contributed by atoms with Crippen LogP contribution < -0.4 is 0 Å². The average Bonchev–Trinajstić information content (AvgIpc) is 3.82. The molecule has 3 heteroatoms. The Hall–Kier alpha value is -1.16. The fourth-order valence-electron chi connectivity index (χ4n) is 10.7. The zero-order valence-electron chi connectivity index (χ0n) is 27.7. The van der Waals surface area contributed by atoms with E-state index in [1.165, 1.54) is 133 Å². The summed E-state index contributed by atoms with van der Waals surface area (Å²) in [6, 6.07) is 13.2. The van der Waals surface area contributed by atoms with Crippen LogP contribution in [0.3, 0.4) is 0 Å². The van der Waals surface area contributed by atoms with Gasteiger partial charge in [0.25, 0.3) is 0 Å². The molecule has 0 unspecified atom stereocenters. The first-order valence-corrected chi connectivity index (χ1v) is 23.1. The van der Waals surface area contributed by atoms with E-state index in [9.17, 15) is 0 Å². The number of hydrogen-bond acceptors (Lipinski definition) is 2. The Bertz CT molecular complexity index is 1280. The van der Waals surface area contributed by atoms with Crippen molar-refractivity contribution in [2.24, 2.45) is 23.7 Å². The Morgan fingerprint density at radius 1 is 0.614 bits per heavy atom. The van der Waals surface area contributed by atoms with Gasteiger partial charge < -0.3 is 0 Å². The first-order valence-electron chi connectivity index (χ1n) is 19.0. The van der Waals surface area contributed by atoms with Crippen LogP contribution in [0.4, 0.5) is 0 Å². The summed E-state index contributed by atoms with van der Waals surface area (Å²) >= 11 is 4.28. The maximum Gasteiger partial charge on any atom is 0.123 e. The Morgan fingerprint density at radius 3 is 1.59 bits per heavy atom. The molecule has 238 valence electrons. The van der Waals surface area contributed by atoms with Crippen molar-refractivity contribution in [1.82, 2.24) is 0 Å². The fourth-order valence-corrected chi connectivity index (χ4v) is 20.7. The summed E-state index contributed by atoms with van der Waals surface area (Å²) in [5.41, 5.74) is 3.96. The standard InChI is InChI=1S/C41H58S2Si/c1-2-16-35-26-27-37(43-35)41-39(34-23-13-6-14-24-34)38(33-21-11-5-12-22-33)40(36-25-15-28-42-36)44(41,29-31-17-7-3-8-18-31)30-32-19-9-4-10-20-32/h2,15-16,25-28,31-34H,3-14,17-24,29-30H2,1H3/b16-2+. The molecule has 0 spiro atoms. The van der Waals surface area contributed by atoms with Gasteiger partial charge in [-0.3, -0.25) is 0 Å². The van der Waals surface area contributed by atoms with Crippen LogP contribution in [0.1, 0.15) is 150 Å². The van der Waals surface area contributed by atoms with Gasteiger partial charge in [0.05, 0.1) is 0 Å². The molecule has 4 saturated carbocycles. The van der Waals surface area contributed by atoms with E-state index in [2.05, 4.69) is 71.4 Å². The summed E-state index contributed by atoms with van der Waals surface area (Å²) in [4.78, 5) is 4.88. The van der Waals surface area contributed by atoms with Gasteiger partial charge in [-0.1, -0.05) is 115 Å². The Labute approximate surface area is 278 Å². The summed E-state index contributed by atoms with van der Waals surface area (Å²) < 4.78 is 0. The molecule has 7 rings (SSSR count). The largest absolute Gasteiger partial charge is 0.145 e. The van der Waals surface area contributed by atoms with E-state index in [-0.39, 0.29) is 0 Å². The van der Waals surface area contributed by atoms with Gasteiger partial charge in [0.2, 0.25) is 0 Å². The van der Waals surface area contributed by atoms with E-state index in [4.69, 9.17) is 0 Å². The van der Waals surface area contributed by atoms with Gasteiger partial charge in [-0.05, 0) is 120 Å². The fraction of sp³-hybridized carbons (Fsp3) is 0.659. The van der Waals surface area contributed by atoms with Crippen LogP contribution in [-0.4, -0.2) is 8.07 Å². The minimum Gasteiger partial charge on any atom is -0.145 e. The van der Waals surface area contributed by atoms with Gasteiger partial charge in [0, 0.05) is 14.6 Å². The zero-order chi connectivity index (χ0) is 29.8. The minimum absolute atomic E-state index is 0.796. The Morgan fingerprint density at radius 2 is 1.11 bits per heavy atom. The minimum atomic E-state index is -2.06. The van der Waals surface area contributed by atoms with Gasteiger partial charge >= 0.3 is 0 Å². The topological polar surface area (TPSA) is 0 Å². The summed E-state index contributed by atoms with van der Waals surface area (Å²) in [5.74, 6) is 3.48. The maximum atomic E-state index is 2.62.